The molecule has 1 aliphatic carbocycles. The monoisotopic (exact) mass is 1380 g/mol. The Bertz CT molecular complexity index is 4300. The fraction of sp³-hybridized carbons (Fsp3) is 0.322. The first-order chi connectivity index (χ1) is 44.7. The number of carboxylic acids is 2. The molecule has 4 atom stereocenters. The summed E-state index contributed by atoms with van der Waals surface area (Å²) in [6.45, 7) is 4.84. The number of methoxy groups -OCH3 is 1. The van der Waals surface area contributed by atoms with Gasteiger partial charge in [-0.3, -0.25) is 28.8 Å². The molecule has 2 aliphatic rings. The second-order valence-corrected chi connectivity index (χ2v) is 27.3. The van der Waals surface area contributed by atoms with Gasteiger partial charge in [0.15, 0.2) is 5.82 Å². The molecule has 9 heterocycles. The summed E-state index contributed by atoms with van der Waals surface area (Å²) in [6, 6.07) is 9.05. The first kappa shape index (κ1) is 65.3. The number of aryl methyl sites for hydroxylation is 1. The lowest BCUT2D eigenvalue weighted by atomic mass is 9.87. The Hall–Kier alpha value is -9.16. The quantitative estimate of drug-likeness (QED) is 0.0533. The van der Waals surface area contributed by atoms with Gasteiger partial charge in [-0.1, -0.05) is 44.2 Å². The van der Waals surface area contributed by atoms with Gasteiger partial charge in [0, 0.05) is 46.1 Å². The highest BCUT2D eigenvalue weighted by molar-refractivity contribution is 7.15. The number of carboxylic acid groups (broad SMARTS) is 2. The molecule has 1 unspecified atom stereocenters. The van der Waals surface area contributed by atoms with Crippen LogP contribution in [-0.2, 0) is 30.5 Å². The van der Waals surface area contributed by atoms with Crippen molar-refractivity contribution in [3.63, 3.8) is 0 Å². The van der Waals surface area contributed by atoms with E-state index in [1.165, 1.54) is 36.3 Å². The van der Waals surface area contributed by atoms with Crippen LogP contribution in [-0.4, -0.2) is 130 Å². The SMILES string of the molecule is CNC(=O)C[C@@H]1NC(=O)c2csc(n2)-c2ccc(-c3nc(N(C(=O)O[C@H]4CC[C@H](C(=O)O)CC4)c4cnc(C(=O)O)o4)cs3)nc2-c2csc(n2)-c2csc(n2)[C@H]([C@@H](O)c2ccccc2)NC(=O)CNC(=O)c2nc(sc2COC)C(C(C)C)NC(=O)c2nc1sc2C. The average Bonchev–Trinajstić information content (AvgIpc) is 1.71. The van der Waals surface area contributed by atoms with Crippen molar-refractivity contribution in [2.24, 2.45) is 11.8 Å². The van der Waals surface area contributed by atoms with E-state index in [-0.39, 0.29) is 94.8 Å². The number of rotatable bonds is 13. The molecule has 482 valence electrons. The normalized spacial score (nSPS) is 18.3. The number of nitrogens with one attached hydrogen (secondary N) is 5. The van der Waals surface area contributed by atoms with Crippen molar-refractivity contribution >= 4 is 127 Å². The zero-order valence-corrected chi connectivity index (χ0v) is 54.6. The number of aromatic nitrogens is 8. The van der Waals surface area contributed by atoms with Crippen molar-refractivity contribution < 1.29 is 67.6 Å². The molecule has 1 saturated carbocycles. The summed E-state index contributed by atoms with van der Waals surface area (Å²) in [5.74, 6) is -7.47. The van der Waals surface area contributed by atoms with Gasteiger partial charge >= 0.3 is 23.9 Å². The molecular formula is C59H56N14O14S6. The van der Waals surface area contributed by atoms with Gasteiger partial charge in [-0.2, -0.15) is 4.90 Å². The van der Waals surface area contributed by atoms with E-state index in [1.807, 2.05) is 13.8 Å². The Morgan fingerprint density at radius 2 is 1.43 bits per heavy atom. The topological polar surface area (TPSA) is 395 Å². The smallest absolute Gasteiger partial charge is 0.422 e. The van der Waals surface area contributed by atoms with Crippen LogP contribution in [0.25, 0.3) is 43.4 Å². The van der Waals surface area contributed by atoms with E-state index in [4.69, 9.17) is 38.8 Å². The summed E-state index contributed by atoms with van der Waals surface area (Å²) in [4.78, 5) is 147. The molecule has 1 fully saturated rings. The van der Waals surface area contributed by atoms with Gasteiger partial charge in [-0.25, -0.2) is 49.5 Å². The van der Waals surface area contributed by atoms with Gasteiger partial charge in [0.2, 0.25) is 17.7 Å². The van der Waals surface area contributed by atoms with E-state index in [9.17, 15) is 53.7 Å². The molecule has 10 bridgehead atoms. The van der Waals surface area contributed by atoms with Crippen molar-refractivity contribution in [2.75, 3.05) is 25.6 Å². The van der Waals surface area contributed by atoms with Crippen LogP contribution in [0.2, 0.25) is 0 Å². The van der Waals surface area contributed by atoms with Gasteiger partial charge < -0.3 is 55.8 Å². The van der Waals surface area contributed by atoms with Crippen LogP contribution in [0.15, 0.2) is 74.6 Å². The van der Waals surface area contributed by atoms with Gasteiger partial charge in [0.25, 0.3) is 17.7 Å². The van der Waals surface area contributed by atoms with E-state index < -0.39 is 96.3 Å². The van der Waals surface area contributed by atoms with Gasteiger partial charge in [0.05, 0.1) is 54.3 Å². The van der Waals surface area contributed by atoms with Crippen LogP contribution in [0.1, 0.15) is 143 Å². The lowest BCUT2D eigenvalue weighted by Gasteiger charge is -2.27. The number of nitrogens with zero attached hydrogens (tertiary/aromatic N) is 9. The number of hydrogen-bond acceptors (Lipinski definition) is 26. The van der Waals surface area contributed by atoms with Crippen LogP contribution in [0.5, 0.6) is 0 Å². The third-order valence-corrected chi connectivity index (χ3v) is 20.6. The summed E-state index contributed by atoms with van der Waals surface area (Å²) in [6.07, 6.45) is -1.14. The van der Waals surface area contributed by atoms with E-state index in [2.05, 4.69) is 41.5 Å². The third kappa shape index (κ3) is 14.6. The molecule has 6 amide bonds. The number of amides is 6. The molecule has 93 heavy (non-hydrogen) atoms. The van der Waals surface area contributed by atoms with Crippen molar-refractivity contribution in [1.29, 1.82) is 0 Å². The van der Waals surface area contributed by atoms with E-state index in [0.717, 1.165) is 67.8 Å². The Kier molecular flexibility index (Phi) is 19.9. The highest BCUT2D eigenvalue weighted by atomic mass is 32.1. The molecule has 11 rings (SSSR count). The predicted molar refractivity (Wildman–Crippen MR) is 342 cm³/mol. The Balaban J connectivity index is 0.985. The largest absolute Gasteiger partial charge is 0.481 e. The van der Waals surface area contributed by atoms with Gasteiger partial charge in [-0.05, 0) is 56.2 Å². The fourth-order valence-corrected chi connectivity index (χ4v) is 15.6. The summed E-state index contributed by atoms with van der Waals surface area (Å²) < 4.78 is 16.8. The van der Waals surface area contributed by atoms with Crippen LogP contribution >= 0.6 is 68.0 Å². The maximum Gasteiger partial charge on any atom is 0.422 e. The third-order valence-electron chi connectivity index (χ3n) is 14.8. The molecule has 8 N–H and O–H groups in total. The number of aliphatic carboxylic acids is 1. The lowest BCUT2D eigenvalue weighted by Crippen LogP contribution is -2.40. The highest BCUT2D eigenvalue weighted by Gasteiger charge is 2.36. The van der Waals surface area contributed by atoms with Gasteiger partial charge in [0.1, 0.15) is 82.5 Å². The highest BCUT2D eigenvalue weighted by Crippen LogP contribution is 2.41. The lowest BCUT2D eigenvalue weighted by molar-refractivity contribution is -0.143. The standard InChI is InChI=1S/C59H56N14O14S6/c1-25(2)41-56-72-44(36(93-56)20-85-5)48(78)61-18-39(75)69-45(46(76)27-9-7-6-8-10-27)55-67-35(23-90-55)53-65-33(21-89-53)43-30(51-66-34(22-88-51)47(77)64-32(17-38(74)60-4)54-71-42(26(3)92-54)49(79)70-41)15-16-31(63-43)52-68-37(24-91-52)73(40-19-62-50(87-40)58(82)83)59(84)86-29-13-11-28(12-14-29)57(80)81/h6-10,15-16,19,21-25,28-29,32,41,45-46,76H,11-14,17-18,20H2,1-5H3,(H,60,74)(H,61,78)(H,64,77)(H,69,75)(H,70,79)(H,80,81)(H,82,83)/t28-,29-,32-,41?,45-,46-/m0/s1. The number of fused-ring (bicyclic) bond motifs is 14. The number of carbonyl (C=O) groups is 8. The number of aromatic carboxylic acids is 1. The number of aliphatic hydroxyl groups excluding tert-OH is 1. The zero-order valence-electron chi connectivity index (χ0n) is 49.7. The summed E-state index contributed by atoms with van der Waals surface area (Å²) >= 11 is 6.78. The Morgan fingerprint density at radius 3 is 2.15 bits per heavy atom. The number of thiazole rings is 6. The second-order valence-electron chi connectivity index (χ2n) is 21.5. The Morgan fingerprint density at radius 1 is 0.720 bits per heavy atom. The molecule has 1 aromatic carbocycles. The van der Waals surface area contributed by atoms with Gasteiger partial charge in [-0.15, -0.1) is 68.0 Å². The number of benzene rings is 1. The summed E-state index contributed by atoms with van der Waals surface area (Å²) in [7, 11) is 2.90. The minimum atomic E-state index is -1.50. The van der Waals surface area contributed by atoms with Crippen LogP contribution in [0, 0.1) is 18.8 Å². The molecule has 0 saturated heterocycles. The van der Waals surface area contributed by atoms with Crippen molar-refractivity contribution in [3.05, 3.63) is 123 Å². The van der Waals surface area contributed by atoms with Crippen molar-refractivity contribution in [3.8, 4) is 43.4 Å². The second kappa shape index (κ2) is 28.4. The number of hydrogen-bond donors (Lipinski definition) is 8. The average molecular weight is 1380 g/mol. The van der Waals surface area contributed by atoms with Crippen molar-refractivity contribution in [1.82, 2.24) is 66.5 Å². The number of aliphatic hydroxyl groups is 1. The molecule has 8 aromatic heterocycles. The molecule has 1 aliphatic heterocycles. The summed E-state index contributed by atoms with van der Waals surface area (Å²) in [5.41, 5.74) is 2.02. The number of ether oxygens (including phenoxy) is 2. The molecular weight excluding hydrogens is 1320 g/mol. The van der Waals surface area contributed by atoms with Crippen LogP contribution in [0.3, 0.4) is 0 Å². The van der Waals surface area contributed by atoms with E-state index in [1.54, 1.807) is 60.1 Å². The first-order valence-corrected chi connectivity index (χ1v) is 33.7. The molecule has 28 nitrogen and oxygen atoms in total. The number of pyridine rings is 1. The molecule has 34 heteroatoms. The number of carbonyl (C=O) groups excluding carboxylic acids is 6. The van der Waals surface area contributed by atoms with E-state index >= 15 is 0 Å². The molecule has 9 aromatic rings. The first-order valence-electron chi connectivity index (χ1n) is 28.6. The summed E-state index contributed by atoms with van der Waals surface area (Å²) in [5, 5.41) is 53.6. The Labute approximate surface area is 552 Å². The van der Waals surface area contributed by atoms with Crippen molar-refractivity contribution in [2.45, 2.75) is 89.8 Å². The minimum absolute atomic E-state index is 0.0223. The maximum atomic E-state index is 14.4. The fourth-order valence-electron chi connectivity index (χ4n) is 10.1. The number of anilines is 2. The number of oxazole rings is 1. The van der Waals surface area contributed by atoms with E-state index in [0.29, 0.717) is 52.3 Å². The maximum absolute atomic E-state index is 14.4. The van der Waals surface area contributed by atoms with Crippen LogP contribution in [0.4, 0.5) is 16.5 Å². The zero-order chi connectivity index (χ0) is 65.8. The predicted octanol–water partition coefficient (Wildman–Crippen LogP) is 8.92. The van der Waals surface area contributed by atoms with Crippen LogP contribution < -0.4 is 31.5 Å². The minimum Gasteiger partial charge on any atom is -0.481 e. The molecule has 0 radical (unpaired) electrons. The molecule has 0 spiro atoms.